The standard InChI is InChI=1S/C22H29FN4O4/c1-15-19(21(28)29-3)12-18(31-15)13-25-22(24-2)26-14-20(27-8-10-30-11-9-27)16-4-6-17(23)7-5-16/h4-7,12,20H,8-11,13-14H2,1-3H3,(H2,24,25,26). The Balaban J connectivity index is 1.62. The Morgan fingerprint density at radius 2 is 1.97 bits per heavy atom. The number of esters is 1. The van der Waals surface area contributed by atoms with Crippen molar-refractivity contribution in [2.24, 2.45) is 4.99 Å². The number of rotatable bonds is 7. The highest BCUT2D eigenvalue weighted by Crippen LogP contribution is 2.22. The zero-order chi connectivity index (χ0) is 22.2. The van der Waals surface area contributed by atoms with Crippen LogP contribution in [0.15, 0.2) is 39.7 Å². The smallest absolute Gasteiger partial charge is 0.341 e. The number of aliphatic imine (C=N–C) groups is 1. The van der Waals surface area contributed by atoms with E-state index in [1.54, 1.807) is 20.0 Å². The summed E-state index contributed by atoms with van der Waals surface area (Å²) in [7, 11) is 3.02. The number of hydrogen-bond acceptors (Lipinski definition) is 6. The largest absolute Gasteiger partial charge is 0.465 e. The van der Waals surface area contributed by atoms with Gasteiger partial charge in [0.15, 0.2) is 5.96 Å². The van der Waals surface area contributed by atoms with Crippen LogP contribution in [0.5, 0.6) is 0 Å². The van der Waals surface area contributed by atoms with Gasteiger partial charge in [-0.15, -0.1) is 0 Å². The van der Waals surface area contributed by atoms with Gasteiger partial charge in [-0.2, -0.15) is 0 Å². The fourth-order valence-electron chi connectivity index (χ4n) is 3.56. The molecule has 1 aromatic carbocycles. The zero-order valence-corrected chi connectivity index (χ0v) is 18.1. The Morgan fingerprint density at radius 1 is 1.26 bits per heavy atom. The fraction of sp³-hybridized carbons (Fsp3) is 0.455. The van der Waals surface area contributed by atoms with Gasteiger partial charge >= 0.3 is 5.97 Å². The van der Waals surface area contributed by atoms with Crippen molar-refractivity contribution in [3.8, 4) is 0 Å². The SMILES string of the molecule is CN=C(NCc1cc(C(=O)OC)c(C)o1)NCC(c1ccc(F)cc1)N1CCOCC1. The van der Waals surface area contributed by atoms with Gasteiger partial charge in [-0.3, -0.25) is 9.89 Å². The maximum atomic E-state index is 13.4. The molecule has 0 radical (unpaired) electrons. The lowest BCUT2D eigenvalue weighted by molar-refractivity contribution is 0.0170. The molecule has 1 fully saturated rings. The first-order chi connectivity index (χ1) is 15.0. The topological polar surface area (TPSA) is 88.3 Å². The van der Waals surface area contributed by atoms with Crippen LogP contribution in [0.4, 0.5) is 4.39 Å². The average Bonchev–Trinajstić information content (AvgIpc) is 3.17. The van der Waals surface area contributed by atoms with Crippen molar-refractivity contribution in [3.05, 3.63) is 58.8 Å². The number of carbonyl (C=O) groups is 1. The number of ether oxygens (including phenoxy) is 2. The predicted octanol–water partition coefficient (Wildman–Crippen LogP) is 2.25. The number of hydrogen-bond donors (Lipinski definition) is 2. The van der Waals surface area contributed by atoms with Gasteiger partial charge in [0.2, 0.25) is 0 Å². The first-order valence-corrected chi connectivity index (χ1v) is 10.2. The van der Waals surface area contributed by atoms with Gasteiger partial charge < -0.3 is 24.5 Å². The van der Waals surface area contributed by atoms with Gasteiger partial charge in [0, 0.05) is 26.7 Å². The van der Waals surface area contributed by atoms with E-state index in [2.05, 4.69) is 20.5 Å². The highest BCUT2D eigenvalue weighted by atomic mass is 19.1. The molecular weight excluding hydrogens is 403 g/mol. The molecule has 2 aromatic rings. The number of halogens is 1. The monoisotopic (exact) mass is 432 g/mol. The second-order valence-corrected chi connectivity index (χ2v) is 7.20. The molecule has 8 nitrogen and oxygen atoms in total. The summed E-state index contributed by atoms with van der Waals surface area (Å²) in [6.07, 6.45) is 0. The van der Waals surface area contributed by atoms with E-state index in [0.717, 1.165) is 18.7 Å². The van der Waals surface area contributed by atoms with Crippen molar-refractivity contribution in [1.82, 2.24) is 15.5 Å². The molecular formula is C22H29FN4O4. The van der Waals surface area contributed by atoms with Crippen molar-refractivity contribution < 1.29 is 23.1 Å². The van der Waals surface area contributed by atoms with Crippen molar-refractivity contribution in [1.29, 1.82) is 0 Å². The minimum Gasteiger partial charge on any atom is -0.465 e. The molecule has 2 heterocycles. The number of guanidine groups is 1. The molecule has 1 aliphatic rings. The summed E-state index contributed by atoms with van der Waals surface area (Å²) < 4.78 is 29.3. The Labute approximate surface area is 181 Å². The molecule has 1 aliphatic heterocycles. The van der Waals surface area contributed by atoms with Crippen LogP contribution in [0.1, 0.15) is 33.5 Å². The van der Waals surface area contributed by atoms with Gasteiger partial charge in [-0.25, -0.2) is 9.18 Å². The van der Waals surface area contributed by atoms with E-state index >= 15 is 0 Å². The van der Waals surface area contributed by atoms with Crippen LogP contribution in [0.25, 0.3) is 0 Å². The Hall–Kier alpha value is -2.91. The van der Waals surface area contributed by atoms with Crippen molar-refractivity contribution in [2.45, 2.75) is 19.5 Å². The molecule has 3 rings (SSSR count). The maximum absolute atomic E-state index is 13.4. The highest BCUT2D eigenvalue weighted by molar-refractivity contribution is 5.90. The number of aryl methyl sites for hydroxylation is 1. The van der Waals surface area contributed by atoms with Crippen LogP contribution in [0.2, 0.25) is 0 Å². The number of nitrogens with zero attached hydrogens (tertiary/aromatic N) is 2. The molecule has 2 N–H and O–H groups in total. The summed E-state index contributed by atoms with van der Waals surface area (Å²) in [5, 5.41) is 6.53. The average molecular weight is 432 g/mol. The molecule has 1 unspecified atom stereocenters. The number of furan rings is 1. The third kappa shape index (κ3) is 6.05. The molecule has 1 aromatic heterocycles. The molecule has 9 heteroatoms. The van der Waals surface area contributed by atoms with E-state index in [-0.39, 0.29) is 11.9 Å². The van der Waals surface area contributed by atoms with E-state index in [1.807, 2.05) is 12.1 Å². The third-order valence-electron chi connectivity index (χ3n) is 5.23. The Morgan fingerprint density at radius 3 is 2.61 bits per heavy atom. The molecule has 0 spiro atoms. The number of carbonyl (C=O) groups excluding carboxylic acids is 1. The second kappa shape index (κ2) is 10.9. The predicted molar refractivity (Wildman–Crippen MR) is 115 cm³/mol. The maximum Gasteiger partial charge on any atom is 0.341 e. The van der Waals surface area contributed by atoms with Crippen LogP contribution in [0.3, 0.4) is 0 Å². The van der Waals surface area contributed by atoms with Crippen molar-refractivity contribution in [2.75, 3.05) is 47.0 Å². The van der Waals surface area contributed by atoms with Crippen molar-refractivity contribution in [3.63, 3.8) is 0 Å². The van der Waals surface area contributed by atoms with Crippen LogP contribution >= 0.6 is 0 Å². The zero-order valence-electron chi connectivity index (χ0n) is 18.1. The highest BCUT2D eigenvalue weighted by Gasteiger charge is 2.23. The number of methoxy groups -OCH3 is 1. The lowest BCUT2D eigenvalue weighted by atomic mass is 10.0. The molecule has 1 saturated heterocycles. The minimum absolute atomic E-state index is 0.0415. The molecule has 0 amide bonds. The van der Waals surface area contributed by atoms with Crippen molar-refractivity contribution >= 4 is 11.9 Å². The van der Waals surface area contributed by atoms with Crippen LogP contribution in [-0.2, 0) is 16.0 Å². The van der Waals surface area contributed by atoms with Crippen LogP contribution in [0, 0.1) is 12.7 Å². The lowest BCUT2D eigenvalue weighted by Crippen LogP contribution is -2.46. The molecule has 0 aliphatic carbocycles. The number of morpholine rings is 1. The van der Waals surface area contributed by atoms with Gasteiger partial charge in [0.1, 0.15) is 22.9 Å². The summed E-state index contributed by atoms with van der Waals surface area (Å²) in [5.74, 6) is 1.02. The first kappa shape index (κ1) is 22.8. The summed E-state index contributed by atoms with van der Waals surface area (Å²) in [5.41, 5.74) is 1.43. The van der Waals surface area contributed by atoms with Gasteiger partial charge in [-0.1, -0.05) is 12.1 Å². The van der Waals surface area contributed by atoms with Gasteiger partial charge in [0.25, 0.3) is 0 Å². The molecule has 0 saturated carbocycles. The number of benzene rings is 1. The van der Waals surface area contributed by atoms with E-state index in [0.29, 0.717) is 49.3 Å². The first-order valence-electron chi connectivity index (χ1n) is 10.2. The van der Waals surface area contributed by atoms with E-state index in [4.69, 9.17) is 13.9 Å². The summed E-state index contributed by atoms with van der Waals surface area (Å²) in [6, 6.07) is 8.29. The van der Waals surface area contributed by atoms with Gasteiger partial charge in [0.05, 0.1) is 32.9 Å². The quantitative estimate of drug-likeness (QED) is 0.394. The number of nitrogens with one attached hydrogen (secondary N) is 2. The normalized spacial score (nSPS) is 16.1. The van der Waals surface area contributed by atoms with E-state index < -0.39 is 5.97 Å². The fourth-order valence-corrected chi connectivity index (χ4v) is 3.56. The molecule has 168 valence electrons. The van der Waals surface area contributed by atoms with Crippen LogP contribution < -0.4 is 10.6 Å². The van der Waals surface area contributed by atoms with E-state index in [1.165, 1.54) is 19.2 Å². The summed E-state index contributed by atoms with van der Waals surface area (Å²) in [4.78, 5) is 18.3. The Bertz CT molecular complexity index is 891. The molecule has 1 atom stereocenters. The lowest BCUT2D eigenvalue weighted by Gasteiger charge is -2.35. The summed E-state index contributed by atoms with van der Waals surface area (Å²) in [6.45, 7) is 5.61. The van der Waals surface area contributed by atoms with Gasteiger partial charge in [-0.05, 0) is 30.7 Å². The van der Waals surface area contributed by atoms with E-state index in [9.17, 15) is 9.18 Å². The summed E-state index contributed by atoms with van der Waals surface area (Å²) >= 11 is 0. The molecule has 0 bridgehead atoms. The van der Waals surface area contributed by atoms with Crippen LogP contribution in [-0.4, -0.2) is 63.8 Å². The Kier molecular flexibility index (Phi) is 8.02. The second-order valence-electron chi connectivity index (χ2n) is 7.20. The minimum atomic E-state index is -0.428. The molecule has 31 heavy (non-hydrogen) atoms. The third-order valence-corrected chi connectivity index (χ3v) is 5.23.